The topological polar surface area (TPSA) is 88.3 Å². The maximum atomic E-state index is 13.0. The molecule has 1 aliphatic rings. The Labute approximate surface area is 190 Å². The largest absolute Gasteiger partial charge is 0.370 e. The number of thiazole rings is 1. The van der Waals surface area contributed by atoms with Crippen molar-refractivity contribution >= 4 is 46.2 Å². The van der Waals surface area contributed by atoms with Crippen LogP contribution in [-0.2, 0) is 11.2 Å². The molecule has 0 radical (unpaired) electrons. The van der Waals surface area contributed by atoms with Crippen molar-refractivity contribution in [2.75, 3.05) is 29.9 Å². The minimum absolute atomic E-state index is 0.223. The lowest BCUT2D eigenvalue weighted by atomic mass is 9.94. The lowest BCUT2D eigenvalue weighted by Crippen LogP contribution is -2.36. The highest BCUT2D eigenvalue weighted by atomic mass is 32.1. The zero-order valence-corrected chi connectivity index (χ0v) is 18.9. The number of nitrogens with one attached hydrogen (secondary N) is 1. The summed E-state index contributed by atoms with van der Waals surface area (Å²) in [6, 6.07) is 9.79. The fourth-order valence-corrected chi connectivity index (χ4v) is 5.62. The lowest BCUT2D eigenvalue weighted by molar-refractivity contribution is -0.107. The first-order valence-corrected chi connectivity index (χ1v) is 12.3. The summed E-state index contributed by atoms with van der Waals surface area (Å²) in [6.45, 7) is 2.52. The molecule has 1 atom stereocenters. The van der Waals surface area contributed by atoms with E-state index in [4.69, 9.17) is 5.73 Å². The molecule has 1 fully saturated rings. The maximum Gasteiger partial charge on any atom is 0.275 e. The van der Waals surface area contributed by atoms with E-state index < -0.39 is 0 Å². The first-order valence-electron chi connectivity index (χ1n) is 10.5. The van der Waals surface area contributed by atoms with Crippen LogP contribution < -0.4 is 16.0 Å². The number of amides is 1. The van der Waals surface area contributed by atoms with E-state index in [0.29, 0.717) is 24.6 Å². The number of piperidine rings is 1. The smallest absolute Gasteiger partial charge is 0.275 e. The Balaban J connectivity index is 1.57. The zero-order valence-electron chi connectivity index (χ0n) is 17.3. The summed E-state index contributed by atoms with van der Waals surface area (Å²) >= 11 is 3.08. The highest BCUT2D eigenvalue weighted by Crippen LogP contribution is 2.33. The number of benzene rings is 1. The number of carbonyl (C=O) groups is 2. The van der Waals surface area contributed by atoms with Crippen molar-refractivity contribution in [2.24, 2.45) is 11.7 Å². The number of nitrogens with zero attached hydrogens (tertiary/aromatic N) is 2. The summed E-state index contributed by atoms with van der Waals surface area (Å²) in [5.41, 5.74) is 8.85. The van der Waals surface area contributed by atoms with Gasteiger partial charge in [0, 0.05) is 24.9 Å². The van der Waals surface area contributed by atoms with Crippen LogP contribution in [0.4, 0.5) is 11.4 Å². The number of carbonyl (C=O) groups excluding carboxylic acids is 2. The van der Waals surface area contributed by atoms with Crippen LogP contribution in [0.15, 0.2) is 41.1 Å². The van der Waals surface area contributed by atoms with Crippen LogP contribution in [0.5, 0.6) is 0 Å². The first kappa shape index (κ1) is 21.7. The SMILES string of the molecule is NCCC1CCCN(c2cc(CC=O)ccc2NC(=O)c2csc(-c3cccs3)n2)C1. The molecule has 0 spiro atoms. The number of aldehydes is 1. The first-order chi connectivity index (χ1) is 15.2. The van der Waals surface area contributed by atoms with Crippen LogP contribution in [0, 0.1) is 5.92 Å². The number of rotatable bonds is 8. The Hall–Kier alpha value is -2.55. The normalized spacial score (nSPS) is 16.3. The quantitative estimate of drug-likeness (QED) is 0.492. The number of hydrogen-bond acceptors (Lipinski definition) is 7. The molecule has 6 nitrogen and oxygen atoms in total. The Bertz CT molecular complexity index is 1030. The van der Waals surface area contributed by atoms with E-state index in [0.717, 1.165) is 59.0 Å². The van der Waals surface area contributed by atoms with Crippen LogP contribution in [0.2, 0.25) is 0 Å². The summed E-state index contributed by atoms with van der Waals surface area (Å²) in [6.07, 6.45) is 4.53. The third kappa shape index (κ3) is 5.20. The number of hydrogen-bond donors (Lipinski definition) is 2. The van der Waals surface area contributed by atoms with Gasteiger partial charge in [0.15, 0.2) is 0 Å². The summed E-state index contributed by atoms with van der Waals surface area (Å²) in [4.78, 5) is 31.9. The van der Waals surface area contributed by atoms with Gasteiger partial charge >= 0.3 is 0 Å². The molecule has 1 aromatic carbocycles. The molecule has 0 saturated carbocycles. The molecular formula is C23H26N4O2S2. The molecule has 1 amide bonds. The van der Waals surface area contributed by atoms with E-state index in [9.17, 15) is 9.59 Å². The number of anilines is 2. The maximum absolute atomic E-state index is 13.0. The van der Waals surface area contributed by atoms with E-state index in [1.54, 1.807) is 16.7 Å². The van der Waals surface area contributed by atoms with E-state index in [2.05, 4.69) is 15.2 Å². The molecule has 3 aromatic rings. The van der Waals surface area contributed by atoms with Gasteiger partial charge in [-0.05, 0) is 60.9 Å². The predicted octanol–water partition coefficient (Wildman–Crippen LogP) is 4.43. The van der Waals surface area contributed by atoms with Gasteiger partial charge in [-0.1, -0.05) is 12.1 Å². The highest BCUT2D eigenvalue weighted by molar-refractivity contribution is 7.20. The third-order valence-electron chi connectivity index (χ3n) is 5.53. The second-order valence-corrected chi connectivity index (χ2v) is 9.53. The van der Waals surface area contributed by atoms with E-state index in [-0.39, 0.29) is 5.91 Å². The lowest BCUT2D eigenvalue weighted by Gasteiger charge is -2.35. The Morgan fingerprint density at radius 3 is 3.00 bits per heavy atom. The van der Waals surface area contributed by atoms with Gasteiger partial charge < -0.3 is 20.7 Å². The van der Waals surface area contributed by atoms with Crippen LogP contribution >= 0.6 is 22.7 Å². The van der Waals surface area contributed by atoms with Crippen molar-refractivity contribution in [3.63, 3.8) is 0 Å². The van der Waals surface area contributed by atoms with Crippen LogP contribution in [-0.4, -0.2) is 36.8 Å². The molecule has 0 aliphatic carbocycles. The molecule has 0 bridgehead atoms. The molecule has 1 unspecified atom stereocenters. The molecule has 1 aliphatic heterocycles. The minimum atomic E-state index is -0.223. The molecule has 3 N–H and O–H groups in total. The Morgan fingerprint density at radius 2 is 2.23 bits per heavy atom. The Kier molecular flexibility index (Phi) is 7.11. The number of thiophene rings is 1. The monoisotopic (exact) mass is 454 g/mol. The van der Waals surface area contributed by atoms with Gasteiger partial charge in [-0.25, -0.2) is 4.98 Å². The molecule has 3 heterocycles. The van der Waals surface area contributed by atoms with Gasteiger partial charge in [-0.3, -0.25) is 4.79 Å². The predicted molar refractivity (Wildman–Crippen MR) is 128 cm³/mol. The molecule has 162 valence electrons. The van der Waals surface area contributed by atoms with Crippen molar-refractivity contribution < 1.29 is 9.59 Å². The standard InChI is InChI=1S/C23H26N4O2S2/c24-9-7-17-3-1-10-27(14-17)20-13-16(8-11-28)5-6-18(20)25-22(29)19-15-31-23(26-19)21-4-2-12-30-21/h2,4-6,11-13,15,17H,1,3,7-10,14,24H2,(H,25,29). The fraction of sp³-hybridized carbons (Fsp3) is 0.348. The Morgan fingerprint density at radius 1 is 1.32 bits per heavy atom. The van der Waals surface area contributed by atoms with Gasteiger partial charge in [0.05, 0.1) is 16.3 Å². The van der Waals surface area contributed by atoms with Gasteiger partial charge in [0.25, 0.3) is 5.91 Å². The van der Waals surface area contributed by atoms with Crippen molar-refractivity contribution in [1.82, 2.24) is 4.98 Å². The van der Waals surface area contributed by atoms with E-state index in [1.165, 1.54) is 17.8 Å². The van der Waals surface area contributed by atoms with Crippen molar-refractivity contribution in [3.05, 3.63) is 52.3 Å². The van der Waals surface area contributed by atoms with Gasteiger partial charge in [-0.2, -0.15) is 0 Å². The number of aromatic nitrogens is 1. The molecule has 4 rings (SSSR count). The van der Waals surface area contributed by atoms with Crippen molar-refractivity contribution in [2.45, 2.75) is 25.7 Å². The number of nitrogens with two attached hydrogens (primary N) is 1. The van der Waals surface area contributed by atoms with Gasteiger partial charge in [0.1, 0.15) is 17.0 Å². The molecule has 1 saturated heterocycles. The van der Waals surface area contributed by atoms with Crippen molar-refractivity contribution in [3.8, 4) is 9.88 Å². The van der Waals surface area contributed by atoms with Crippen molar-refractivity contribution in [1.29, 1.82) is 0 Å². The minimum Gasteiger partial charge on any atom is -0.370 e. The highest BCUT2D eigenvalue weighted by Gasteiger charge is 2.23. The molecular weight excluding hydrogens is 428 g/mol. The average molecular weight is 455 g/mol. The second kappa shape index (κ2) is 10.2. The summed E-state index contributed by atoms with van der Waals surface area (Å²) in [7, 11) is 0. The molecule has 8 heteroatoms. The third-order valence-corrected chi connectivity index (χ3v) is 7.41. The van der Waals surface area contributed by atoms with Crippen LogP contribution in [0.25, 0.3) is 9.88 Å². The fourth-order valence-electron chi connectivity index (χ4n) is 4.00. The molecule has 2 aromatic heterocycles. The second-order valence-electron chi connectivity index (χ2n) is 7.72. The van der Waals surface area contributed by atoms with Gasteiger partial charge in [0.2, 0.25) is 0 Å². The van der Waals surface area contributed by atoms with E-state index >= 15 is 0 Å². The average Bonchev–Trinajstić information content (AvgIpc) is 3.47. The van der Waals surface area contributed by atoms with Crippen LogP contribution in [0.1, 0.15) is 35.3 Å². The summed E-state index contributed by atoms with van der Waals surface area (Å²) in [5.74, 6) is 0.322. The van der Waals surface area contributed by atoms with Gasteiger partial charge in [-0.15, -0.1) is 22.7 Å². The zero-order chi connectivity index (χ0) is 21.6. The van der Waals surface area contributed by atoms with Crippen LogP contribution in [0.3, 0.4) is 0 Å². The molecule has 31 heavy (non-hydrogen) atoms. The van der Waals surface area contributed by atoms with E-state index in [1.807, 2.05) is 35.7 Å². The summed E-state index contributed by atoms with van der Waals surface area (Å²) < 4.78 is 0. The summed E-state index contributed by atoms with van der Waals surface area (Å²) in [5, 5.41) is 7.70.